The number of carbonyl (C=O) groups excluding carboxylic acids is 1. The van der Waals surface area contributed by atoms with Crippen LogP contribution in [0.25, 0.3) is 0 Å². The van der Waals surface area contributed by atoms with Crippen LogP contribution in [-0.2, 0) is 4.74 Å². The summed E-state index contributed by atoms with van der Waals surface area (Å²) in [5, 5.41) is 0.379. The molecule has 3 nitrogen and oxygen atoms in total. The molecule has 0 bridgehead atoms. The van der Waals surface area contributed by atoms with Gasteiger partial charge in [0.2, 0.25) is 0 Å². The molecule has 0 saturated carbocycles. The zero-order valence-electron chi connectivity index (χ0n) is 6.58. The van der Waals surface area contributed by atoms with Crippen LogP contribution in [0.1, 0.15) is 10.4 Å². The Bertz CT molecular complexity index is 271. The lowest BCUT2D eigenvalue weighted by Crippen LogP contribution is -2.06. The van der Waals surface area contributed by atoms with Crippen molar-refractivity contribution in [3.63, 3.8) is 0 Å². The van der Waals surface area contributed by atoms with E-state index >= 15 is 0 Å². The van der Waals surface area contributed by atoms with Gasteiger partial charge < -0.3 is 4.74 Å². The van der Waals surface area contributed by atoms with Crippen LogP contribution >= 0.6 is 11.6 Å². The van der Waals surface area contributed by atoms with E-state index in [2.05, 4.69) is 9.72 Å². The van der Waals surface area contributed by atoms with Gasteiger partial charge in [-0.3, -0.25) is 4.79 Å². The number of hydrogen-bond donors (Lipinski definition) is 0. The predicted molar refractivity (Wildman–Crippen MR) is 45.5 cm³/mol. The fourth-order valence-corrected chi connectivity index (χ4v) is 0.867. The van der Waals surface area contributed by atoms with Gasteiger partial charge in [0, 0.05) is 18.9 Å². The van der Waals surface area contributed by atoms with Crippen molar-refractivity contribution >= 4 is 17.4 Å². The number of pyridine rings is 1. The Balaban J connectivity index is 2.75. The first-order chi connectivity index (χ1) is 5.74. The Kier molecular flexibility index (Phi) is 3.19. The number of nitrogens with zero attached hydrogens (tertiary/aromatic N) is 1. The molecule has 0 aliphatic rings. The normalized spacial score (nSPS) is 9.83. The van der Waals surface area contributed by atoms with Crippen molar-refractivity contribution < 1.29 is 9.53 Å². The summed E-state index contributed by atoms with van der Waals surface area (Å²) in [4.78, 5) is 14.9. The SMILES string of the molecule is COCC(=O)c1ccc(Cl)nc1. The largest absolute Gasteiger partial charge is 0.377 e. The summed E-state index contributed by atoms with van der Waals surface area (Å²) in [6.07, 6.45) is 1.43. The summed E-state index contributed by atoms with van der Waals surface area (Å²) >= 11 is 5.54. The molecule has 0 radical (unpaired) electrons. The van der Waals surface area contributed by atoms with E-state index in [1.165, 1.54) is 13.3 Å². The molecule has 0 saturated heterocycles. The number of carbonyl (C=O) groups is 1. The minimum Gasteiger partial charge on any atom is -0.377 e. The Labute approximate surface area is 75.3 Å². The minimum atomic E-state index is -0.0957. The molecule has 0 spiro atoms. The molecule has 0 unspecified atom stereocenters. The zero-order valence-corrected chi connectivity index (χ0v) is 7.34. The second-order valence-corrected chi connectivity index (χ2v) is 2.61. The number of aromatic nitrogens is 1. The summed E-state index contributed by atoms with van der Waals surface area (Å²) in [5.74, 6) is -0.0957. The van der Waals surface area contributed by atoms with E-state index in [0.29, 0.717) is 10.7 Å². The topological polar surface area (TPSA) is 39.2 Å². The Morgan fingerprint density at radius 1 is 1.67 bits per heavy atom. The van der Waals surface area contributed by atoms with Crippen LogP contribution in [0.5, 0.6) is 0 Å². The van der Waals surface area contributed by atoms with E-state index < -0.39 is 0 Å². The molecule has 0 atom stereocenters. The van der Waals surface area contributed by atoms with Gasteiger partial charge in [-0.25, -0.2) is 4.98 Å². The van der Waals surface area contributed by atoms with Gasteiger partial charge in [0.25, 0.3) is 0 Å². The number of ketones is 1. The van der Waals surface area contributed by atoms with Crippen molar-refractivity contribution in [2.75, 3.05) is 13.7 Å². The highest BCUT2D eigenvalue weighted by atomic mass is 35.5. The molecule has 1 aromatic rings. The number of Topliss-reactive ketones (excluding diaryl/α,β-unsaturated/α-hetero) is 1. The molecule has 1 rings (SSSR count). The average Bonchev–Trinajstić information content (AvgIpc) is 2.06. The van der Waals surface area contributed by atoms with E-state index in [0.717, 1.165) is 0 Å². The van der Waals surface area contributed by atoms with Crippen LogP contribution in [0.4, 0.5) is 0 Å². The third-order valence-electron chi connectivity index (χ3n) is 1.32. The van der Waals surface area contributed by atoms with Gasteiger partial charge in [-0.05, 0) is 12.1 Å². The van der Waals surface area contributed by atoms with E-state index in [-0.39, 0.29) is 12.4 Å². The summed E-state index contributed by atoms with van der Waals surface area (Å²) in [5.41, 5.74) is 0.515. The highest BCUT2D eigenvalue weighted by molar-refractivity contribution is 6.29. The van der Waals surface area contributed by atoms with Crippen LogP contribution in [0.3, 0.4) is 0 Å². The third-order valence-corrected chi connectivity index (χ3v) is 1.55. The predicted octanol–water partition coefficient (Wildman–Crippen LogP) is 1.56. The number of rotatable bonds is 3. The lowest BCUT2D eigenvalue weighted by Gasteiger charge is -1.97. The van der Waals surface area contributed by atoms with Gasteiger partial charge >= 0.3 is 0 Å². The maximum absolute atomic E-state index is 11.1. The summed E-state index contributed by atoms with van der Waals surface area (Å²) < 4.78 is 4.68. The van der Waals surface area contributed by atoms with Gasteiger partial charge in [0.1, 0.15) is 11.8 Å². The molecule has 64 valence electrons. The Morgan fingerprint density at radius 2 is 2.42 bits per heavy atom. The molecule has 4 heteroatoms. The van der Waals surface area contributed by atoms with Crippen LogP contribution < -0.4 is 0 Å². The maximum Gasteiger partial charge on any atom is 0.189 e. The standard InChI is InChI=1S/C8H8ClNO2/c1-12-5-7(11)6-2-3-8(9)10-4-6/h2-4H,5H2,1H3. The molecule has 12 heavy (non-hydrogen) atoms. The van der Waals surface area contributed by atoms with Gasteiger partial charge in [0.05, 0.1) is 0 Å². The highest BCUT2D eigenvalue weighted by Gasteiger charge is 2.04. The maximum atomic E-state index is 11.1. The molecule has 1 aromatic heterocycles. The second kappa shape index (κ2) is 4.18. The first-order valence-electron chi connectivity index (χ1n) is 3.37. The molecule has 0 aromatic carbocycles. The van der Waals surface area contributed by atoms with E-state index in [1.807, 2.05) is 0 Å². The smallest absolute Gasteiger partial charge is 0.189 e. The first kappa shape index (κ1) is 9.16. The van der Waals surface area contributed by atoms with Gasteiger partial charge in [-0.2, -0.15) is 0 Å². The molecule has 0 aliphatic carbocycles. The van der Waals surface area contributed by atoms with E-state index in [4.69, 9.17) is 11.6 Å². The van der Waals surface area contributed by atoms with Crippen molar-refractivity contribution in [2.24, 2.45) is 0 Å². The van der Waals surface area contributed by atoms with Crippen molar-refractivity contribution in [3.8, 4) is 0 Å². The van der Waals surface area contributed by atoms with Crippen molar-refractivity contribution in [3.05, 3.63) is 29.0 Å². The molecule has 0 fully saturated rings. The van der Waals surface area contributed by atoms with Crippen molar-refractivity contribution in [1.82, 2.24) is 4.98 Å². The molecule has 1 heterocycles. The lowest BCUT2D eigenvalue weighted by atomic mass is 10.2. The van der Waals surface area contributed by atoms with Gasteiger partial charge in [-0.1, -0.05) is 11.6 Å². The average molecular weight is 186 g/mol. The molecular weight excluding hydrogens is 178 g/mol. The van der Waals surface area contributed by atoms with Gasteiger partial charge in [-0.15, -0.1) is 0 Å². The molecule has 0 N–H and O–H groups in total. The first-order valence-corrected chi connectivity index (χ1v) is 3.75. The summed E-state index contributed by atoms with van der Waals surface area (Å²) in [6.45, 7) is 0.0727. The molecular formula is C8H8ClNO2. The Hall–Kier alpha value is -0.930. The van der Waals surface area contributed by atoms with Crippen LogP contribution in [-0.4, -0.2) is 24.5 Å². The molecule has 0 amide bonds. The Morgan fingerprint density at radius 3 is 2.92 bits per heavy atom. The van der Waals surface area contributed by atoms with E-state index in [9.17, 15) is 4.79 Å². The lowest BCUT2D eigenvalue weighted by molar-refractivity contribution is 0.0847. The zero-order chi connectivity index (χ0) is 8.97. The van der Waals surface area contributed by atoms with Gasteiger partial charge in [0.15, 0.2) is 5.78 Å². The minimum absolute atomic E-state index is 0.0727. The number of methoxy groups -OCH3 is 1. The van der Waals surface area contributed by atoms with Crippen LogP contribution in [0.2, 0.25) is 5.15 Å². The third kappa shape index (κ3) is 2.29. The van der Waals surface area contributed by atoms with Crippen LogP contribution in [0, 0.1) is 0 Å². The fraction of sp³-hybridized carbons (Fsp3) is 0.250. The number of hydrogen-bond acceptors (Lipinski definition) is 3. The number of halogens is 1. The monoisotopic (exact) mass is 185 g/mol. The van der Waals surface area contributed by atoms with E-state index in [1.54, 1.807) is 12.1 Å². The summed E-state index contributed by atoms with van der Waals surface area (Å²) in [7, 11) is 1.47. The summed E-state index contributed by atoms with van der Waals surface area (Å²) in [6, 6.07) is 3.20. The number of ether oxygens (including phenoxy) is 1. The molecule has 0 aliphatic heterocycles. The quantitative estimate of drug-likeness (QED) is 0.530. The fourth-order valence-electron chi connectivity index (χ4n) is 0.755. The second-order valence-electron chi connectivity index (χ2n) is 2.23. The highest BCUT2D eigenvalue weighted by Crippen LogP contribution is 2.05. The van der Waals surface area contributed by atoms with Crippen LogP contribution in [0.15, 0.2) is 18.3 Å². The van der Waals surface area contributed by atoms with Crippen molar-refractivity contribution in [2.45, 2.75) is 0 Å². The van der Waals surface area contributed by atoms with Crippen molar-refractivity contribution in [1.29, 1.82) is 0 Å².